The third-order valence-corrected chi connectivity index (χ3v) is 1.64. The molecule has 0 aliphatic heterocycles. The van der Waals surface area contributed by atoms with Gasteiger partial charge in [-0.05, 0) is 19.8 Å². The number of aliphatic hydroxyl groups is 1. The van der Waals surface area contributed by atoms with Crippen LogP contribution in [0.2, 0.25) is 0 Å². The van der Waals surface area contributed by atoms with Crippen molar-refractivity contribution in [3.8, 4) is 0 Å². The van der Waals surface area contributed by atoms with Crippen molar-refractivity contribution in [1.82, 2.24) is 5.32 Å². The zero-order valence-electron chi connectivity index (χ0n) is 7.81. The maximum atomic E-state index is 12.3. The van der Waals surface area contributed by atoms with Gasteiger partial charge < -0.3 is 10.4 Å². The molecular weight excluding hydrogens is 180 g/mol. The highest BCUT2D eigenvalue weighted by Crippen LogP contribution is 2.20. The summed E-state index contributed by atoms with van der Waals surface area (Å²) < 4.78 is 24.5. The first-order valence-corrected chi connectivity index (χ1v) is 4.14. The number of carbonyl (C=O) groups excluding carboxylic acids is 1. The molecule has 0 fully saturated rings. The summed E-state index contributed by atoms with van der Waals surface area (Å²) in [7, 11) is 1.39. The van der Waals surface area contributed by atoms with Crippen LogP contribution in [0.15, 0.2) is 0 Å². The first-order chi connectivity index (χ1) is 5.87. The van der Waals surface area contributed by atoms with Gasteiger partial charge in [-0.15, -0.1) is 0 Å². The quantitative estimate of drug-likeness (QED) is 0.685. The Morgan fingerprint density at radius 3 is 2.54 bits per heavy atom. The molecule has 0 aliphatic rings. The molecule has 1 unspecified atom stereocenters. The number of hydrogen-bond acceptors (Lipinski definition) is 2. The van der Waals surface area contributed by atoms with E-state index >= 15 is 0 Å². The molecule has 2 N–H and O–H groups in total. The van der Waals surface area contributed by atoms with E-state index in [1.54, 1.807) is 0 Å². The summed E-state index contributed by atoms with van der Waals surface area (Å²) in [6.07, 6.45) is -1.27. The third-order valence-electron chi connectivity index (χ3n) is 1.64. The van der Waals surface area contributed by atoms with Crippen LogP contribution in [0.5, 0.6) is 0 Å². The number of aliphatic hydroxyl groups excluding tert-OH is 1. The third kappa shape index (κ3) is 6.45. The molecule has 3 nitrogen and oxygen atoms in total. The average Bonchev–Trinajstić information content (AvgIpc) is 2.00. The first kappa shape index (κ1) is 12.3. The molecule has 0 saturated carbocycles. The molecule has 0 bridgehead atoms. The highest BCUT2D eigenvalue weighted by molar-refractivity contribution is 5.79. The lowest BCUT2D eigenvalue weighted by Gasteiger charge is -2.11. The second kappa shape index (κ2) is 5.11. The van der Waals surface area contributed by atoms with E-state index in [1.807, 2.05) is 0 Å². The van der Waals surface area contributed by atoms with Crippen LogP contribution in [0, 0.1) is 0 Å². The van der Waals surface area contributed by atoms with Crippen LogP contribution in [0.1, 0.15) is 26.2 Å². The zero-order valence-corrected chi connectivity index (χ0v) is 7.81. The van der Waals surface area contributed by atoms with Crippen molar-refractivity contribution in [2.75, 3.05) is 7.05 Å². The molecule has 0 aromatic carbocycles. The van der Waals surface area contributed by atoms with Crippen molar-refractivity contribution in [2.24, 2.45) is 0 Å². The van der Waals surface area contributed by atoms with Crippen LogP contribution in [0.25, 0.3) is 0 Å². The van der Waals surface area contributed by atoms with Gasteiger partial charge in [-0.3, -0.25) is 4.79 Å². The predicted octanol–water partition coefficient (Wildman–Crippen LogP) is 0.919. The van der Waals surface area contributed by atoms with E-state index in [9.17, 15) is 13.6 Å². The molecular formula is C8H15F2NO2. The van der Waals surface area contributed by atoms with Crippen LogP contribution in [0.4, 0.5) is 8.78 Å². The van der Waals surface area contributed by atoms with Crippen molar-refractivity contribution in [3.05, 3.63) is 0 Å². The molecule has 0 aliphatic carbocycles. The lowest BCUT2D eigenvalue weighted by Crippen LogP contribution is -2.31. The van der Waals surface area contributed by atoms with Crippen molar-refractivity contribution in [3.63, 3.8) is 0 Å². The highest BCUT2D eigenvalue weighted by Gasteiger charge is 2.21. The Kier molecular flexibility index (Phi) is 4.83. The van der Waals surface area contributed by atoms with Crippen molar-refractivity contribution < 1.29 is 18.7 Å². The number of hydrogen-bond donors (Lipinski definition) is 2. The minimum absolute atomic E-state index is 0.0725. The Bertz CT molecular complexity index is 168. The van der Waals surface area contributed by atoms with Gasteiger partial charge in [0, 0.05) is 13.5 Å². The summed E-state index contributed by atoms with van der Waals surface area (Å²) >= 11 is 0. The van der Waals surface area contributed by atoms with Gasteiger partial charge in [-0.1, -0.05) is 0 Å². The predicted molar refractivity (Wildman–Crippen MR) is 44.5 cm³/mol. The van der Waals surface area contributed by atoms with Gasteiger partial charge in [-0.25, -0.2) is 8.78 Å². The zero-order chi connectivity index (χ0) is 10.5. The Balaban J connectivity index is 3.59. The summed E-state index contributed by atoms with van der Waals surface area (Å²) in [5, 5.41) is 11.3. The molecule has 0 spiro atoms. The van der Waals surface area contributed by atoms with Gasteiger partial charge in [-0.2, -0.15) is 0 Å². The Morgan fingerprint density at radius 2 is 2.15 bits per heavy atom. The molecule has 5 heteroatoms. The fourth-order valence-corrected chi connectivity index (χ4v) is 0.904. The summed E-state index contributed by atoms with van der Waals surface area (Å²) in [5.74, 6) is -3.25. The van der Waals surface area contributed by atoms with E-state index in [0.29, 0.717) is 0 Å². The Hall–Kier alpha value is -0.710. The molecule has 0 saturated heterocycles. The largest absolute Gasteiger partial charge is 0.383 e. The van der Waals surface area contributed by atoms with E-state index in [1.165, 1.54) is 7.05 Å². The molecule has 1 atom stereocenters. The summed E-state index contributed by atoms with van der Waals surface area (Å²) in [4.78, 5) is 10.7. The second-order valence-corrected chi connectivity index (χ2v) is 3.09. The molecule has 78 valence electrons. The molecule has 0 aromatic rings. The molecule has 0 aromatic heterocycles. The Labute approximate surface area is 76.1 Å². The molecule has 0 rings (SSSR count). The lowest BCUT2D eigenvalue weighted by molar-refractivity contribution is -0.129. The van der Waals surface area contributed by atoms with Crippen molar-refractivity contribution in [1.29, 1.82) is 0 Å². The average molecular weight is 195 g/mol. The van der Waals surface area contributed by atoms with Gasteiger partial charge in [0.2, 0.25) is 11.8 Å². The van der Waals surface area contributed by atoms with Gasteiger partial charge in [0.05, 0.1) is 0 Å². The number of amides is 1. The first-order valence-electron chi connectivity index (χ1n) is 4.14. The van der Waals surface area contributed by atoms with Crippen LogP contribution in [-0.4, -0.2) is 30.1 Å². The molecule has 0 heterocycles. The SMILES string of the molecule is CNC(=O)C(O)CCCC(C)(F)F. The fraction of sp³-hybridized carbons (Fsp3) is 0.875. The molecule has 1 amide bonds. The van der Waals surface area contributed by atoms with E-state index in [0.717, 1.165) is 6.92 Å². The van der Waals surface area contributed by atoms with Crippen molar-refractivity contribution >= 4 is 5.91 Å². The van der Waals surface area contributed by atoms with E-state index in [-0.39, 0.29) is 19.3 Å². The minimum atomic E-state index is -2.72. The van der Waals surface area contributed by atoms with Crippen molar-refractivity contribution in [2.45, 2.75) is 38.2 Å². The van der Waals surface area contributed by atoms with Crippen LogP contribution >= 0.6 is 0 Å². The maximum Gasteiger partial charge on any atom is 0.248 e. The fourth-order valence-electron chi connectivity index (χ4n) is 0.904. The summed E-state index contributed by atoms with van der Waals surface area (Å²) in [6, 6.07) is 0. The molecule has 0 radical (unpaired) electrons. The van der Waals surface area contributed by atoms with Crippen LogP contribution in [-0.2, 0) is 4.79 Å². The normalized spacial score (nSPS) is 13.9. The number of nitrogens with one attached hydrogen (secondary N) is 1. The van der Waals surface area contributed by atoms with E-state index in [4.69, 9.17) is 5.11 Å². The summed E-state index contributed by atoms with van der Waals surface area (Å²) in [5.41, 5.74) is 0. The second-order valence-electron chi connectivity index (χ2n) is 3.09. The van der Waals surface area contributed by atoms with Gasteiger partial charge in [0.25, 0.3) is 0 Å². The van der Waals surface area contributed by atoms with Gasteiger partial charge in [0.1, 0.15) is 6.10 Å². The standard InChI is InChI=1S/C8H15F2NO2/c1-8(9,10)5-3-4-6(12)7(13)11-2/h6,12H,3-5H2,1-2H3,(H,11,13). The molecule has 13 heavy (non-hydrogen) atoms. The summed E-state index contributed by atoms with van der Waals surface area (Å²) in [6.45, 7) is 0.819. The number of carbonyl (C=O) groups is 1. The highest BCUT2D eigenvalue weighted by atomic mass is 19.3. The number of likely N-dealkylation sites (N-methyl/N-ethyl adjacent to an activating group) is 1. The minimum Gasteiger partial charge on any atom is -0.383 e. The topological polar surface area (TPSA) is 49.3 Å². The number of rotatable bonds is 5. The number of alkyl halides is 2. The van der Waals surface area contributed by atoms with Gasteiger partial charge >= 0.3 is 0 Å². The lowest BCUT2D eigenvalue weighted by atomic mass is 10.1. The maximum absolute atomic E-state index is 12.3. The van der Waals surface area contributed by atoms with Crippen LogP contribution < -0.4 is 5.32 Å². The van der Waals surface area contributed by atoms with Gasteiger partial charge in [0.15, 0.2) is 0 Å². The van der Waals surface area contributed by atoms with E-state index < -0.39 is 17.9 Å². The Morgan fingerprint density at radius 1 is 1.62 bits per heavy atom. The van der Waals surface area contributed by atoms with Crippen LogP contribution in [0.3, 0.4) is 0 Å². The van der Waals surface area contributed by atoms with E-state index in [2.05, 4.69) is 5.32 Å². The number of halogens is 2. The smallest absolute Gasteiger partial charge is 0.248 e. The monoisotopic (exact) mass is 195 g/mol.